The van der Waals surface area contributed by atoms with E-state index < -0.39 is 0 Å². The zero-order valence-corrected chi connectivity index (χ0v) is 13.2. The number of benzene rings is 1. The van der Waals surface area contributed by atoms with Crippen LogP contribution in [0.1, 0.15) is 35.3 Å². The molecule has 1 heterocycles. The number of aromatic nitrogens is 1. The Balaban J connectivity index is 1.87. The van der Waals surface area contributed by atoms with Crippen molar-refractivity contribution in [2.45, 2.75) is 27.0 Å². The second-order valence-electron chi connectivity index (χ2n) is 5.10. The summed E-state index contributed by atoms with van der Waals surface area (Å²) in [6.07, 6.45) is 3.14. The fourth-order valence-corrected chi connectivity index (χ4v) is 2.16. The predicted molar refractivity (Wildman–Crippen MR) is 86.4 cm³/mol. The van der Waals surface area contributed by atoms with Crippen molar-refractivity contribution in [3.05, 3.63) is 65.5 Å². The van der Waals surface area contributed by atoms with E-state index in [-0.39, 0.29) is 12.6 Å². The van der Waals surface area contributed by atoms with Crippen molar-refractivity contribution in [3.63, 3.8) is 0 Å². The van der Waals surface area contributed by atoms with Crippen molar-refractivity contribution in [1.29, 1.82) is 0 Å². The molecule has 0 amide bonds. The molecule has 0 saturated heterocycles. The van der Waals surface area contributed by atoms with Crippen LogP contribution in [0.2, 0.25) is 0 Å². The third-order valence-electron chi connectivity index (χ3n) is 3.59. The molecule has 0 bridgehead atoms. The van der Waals surface area contributed by atoms with Crippen LogP contribution in [-0.2, 0) is 17.9 Å². The lowest BCUT2D eigenvalue weighted by Crippen LogP contribution is -2.22. The third kappa shape index (κ3) is 4.67. The van der Waals surface area contributed by atoms with E-state index in [9.17, 15) is 4.79 Å². The van der Waals surface area contributed by atoms with Crippen molar-refractivity contribution in [3.8, 4) is 0 Å². The molecule has 0 aliphatic heterocycles. The van der Waals surface area contributed by atoms with Crippen molar-refractivity contribution >= 4 is 5.97 Å². The number of ether oxygens (including phenoxy) is 1. The standard InChI is InChI=1S/C18H22N2O2/c1-3-20(4-2)13-15-7-9-16(10-8-15)14-22-18(21)17-6-5-11-19-12-17/h5-12H,3-4,13-14H2,1-2H3. The lowest BCUT2D eigenvalue weighted by molar-refractivity contribution is 0.0472. The van der Waals surface area contributed by atoms with Gasteiger partial charge < -0.3 is 4.74 Å². The van der Waals surface area contributed by atoms with Crippen molar-refractivity contribution < 1.29 is 9.53 Å². The number of rotatable bonds is 7. The summed E-state index contributed by atoms with van der Waals surface area (Å²) in [5, 5.41) is 0. The van der Waals surface area contributed by atoms with Crippen LogP contribution in [0.25, 0.3) is 0 Å². The molecule has 0 saturated carbocycles. The van der Waals surface area contributed by atoms with E-state index in [0.29, 0.717) is 5.56 Å². The Morgan fingerprint density at radius 3 is 2.36 bits per heavy atom. The van der Waals surface area contributed by atoms with Gasteiger partial charge in [-0.15, -0.1) is 0 Å². The summed E-state index contributed by atoms with van der Waals surface area (Å²) < 4.78 is 5.29. The van der Waals surface area contributed by atoms with Gasteiger partial charge in [-0.2, -0.15) is 0 Å². The van der Waals surface area contributed by atoms with Gasteiger partial charge in [-0.05, 0) is 36.3 Å². The largest absolute Gasteiger partial charge is 0.457 e. The topological polar surface area (TPSA) is 42.4 Å². The fourth-order valence-electron chi connectivity index (χ4n) is 2.16. The van der Waals surface area contributed by atoms with Crippen LogP contribution < -0.4 is 0 Å². The minimum Gasteiger partial charge on any atom is -0.457 e. The smallest absolute Gasteiger partial charge is 0.340 e. The number of esters is 1. The molecule has 0 aliphatic carbocycles. The van der Waals surface area contributed by atoms with Gasteiger partial charge in [0.2, 0.25) is 0 Å². The van der Waals surface area contributed by atoms with Crippen molar-refractivity contribution in [1.82, 2.24) is 9.88 Å². The second kappa shape index (κ2) is 8.29. The lowest BCUT2D eigenvalue weighted by Gasteiger charge is -2.18. The molecule has 0 fully saturated rings. The van der Waals surface area contributed by atoms with Gasteiger partial charge in [0, 0.05) is 18.9 Å². The highest BCUT2D eigenvalue weighted by atomic mass is 16.5. The maximum absolute atomic E-state index is 11.8. The fraction of sp³-hybridized carbons (Fsp3) is 0.333. The molecule has 116 valence electrons. The lowest BCUT2D eigenvalue weighted by atomic mass is 10.1. The van der Waals surface area contributed by atoms with E-state index in [2.05, 4.69) is 35.9 Å². The first kappa shape index (κ1) is 16.2. The van der Waals surface area contributed by atoms with Crippen molar-refractivity contribution in [2.75, 3.05) is 13.1 Å². The zero-order chi connectivity index (χ0) is 15.8. The molecule has 1 aromatic carbocycles. The molecule has 0 atom stereocenters. The molecule has 0 unspecified atom stereocenters. The highest BCUT2D eigenvalue weighted by Gasteiger charge is 2.07. The molecule has 4 nitrogen and oxygen atoms in total. The third-order valence-corrected chi connectivity index (χ3v) is 3.59. The van der Waals surface area contributed by atoms with Gasteiger partial charge in [-0.3, -0.25) is 9.88 Å². The maximum atomic E-state index is 11.8. The Morgan fingerprint density at radius 1 is 1.09 bits per heavy atom. The van der Waals surface area contributed by atoms with Crippen LogP contribution in [-0.4, -0.2) is 28.9 Å². The first-order valence-electron chi connectivity index (χ1n) is 7.60. The average Bonchev–Trinajstić information content (AvgIpc) is 2.59. The van der Waals surface area contributed by atoms with Crippen LogP contribution in [0.3, 0.4) is 0 Å². The van der Waals surface area contributed by atoms with E-state index in [1.807, 2.05) is 12.1 Å². The average molecular weight is 298 g/mol. The Morgan fingerprint density at radius 2 is 1.77 bits per heavy atom. The van der Waals surface area contributed by atoms with Crippen molar-refractivity contribution in [2.24, 2.45) is 0 Å². The Labute approximate surface area is 131 Å². The van der Waals surface area contributed by atoms with Gasteiger partial charge in [0.1, 0.15) is 6.61 Å². The summed E-state index contributed by atoms with van der Waals surface area (Å²) >= 11 is 0. The summed E-state index contributed by atoms with van der Waals surface area (Å²) in [6.45, 7) is 7.63. The molecule has 1 aromatic heterocycles. The van der Waals surface area contributed by atoms with Crippen LogP contribution in [0.15, 0.2) is 48.8 Å². The number of pyridine rings is 1. The number of hydrogen-bond acceptors (Lipinski definition) is 4. The summed E-state index contributed by atoms with van der Waals surface area (Å²) in [4.78, 5) is 18.1. The molecule has 22 heavy (non-hydrogen) atoms. The minimum atomic E-state index is -0.347. The van der Waals surface area contributed by atoms with Crippen LogP contribution in [0.4, 0.5) is 0 Å². The zero-order valence-electron chi connectivity index (χ0n) is 13.2. The first-order chi connectivity index (χ1) is 10.7. The summed E-state index contributed by atoms with van der Waals surface area (Å²) in [6, 6.07) is 11.6. The maximum Gasteiger partial charge on any atom is 0.340 e. The molecule has 0 spiro atoms. The van der Waals surface area contributed by atoms with E-state index in [1.54, 1.807) is 18.3 Å². The van der Waals surface area contributed by atoms with Gasteiger partial charge in [0.15, 0.2) is 0 Å². The quantitative estimate of drug-likeness (QED) is 0.736. The van der Waals surface area contributed by atoms with E-state index in [1.165, 1.54) is 11.8 Å². The molecule has 0 aliphatic rings. The monoisotopic (exact) mass is 298 g/mol. The van der Waals surface area contributed by atoms with Gasteiger partial charge in [0.05, 0.1) is 5.56 Å². The number of carbonyl (C=O) groups is 1. The Bertz CT molecular complexity index is 578. The van der Waals surface area contributed by atoms with Gasteiger partial charge in [-0.1, -0.05) is 38.1 Å². The van der Waals surface area contributed by atoms with Crippen LogP contribution >= 0.6 is 0 Å². The van der Waals surface area contributed by atoms with Gasteiger partial charge in [-0.25, -0.2) is 4.79 Å². The first-order valence-corrected chi connectivity index (χ1v) is 7.60. The SMILES string of the molecule is CCN(CC)Cc1ccc(COC(=O)c2cccnc2)cc1. The molecule has 2 rings (SSSR count). The summed E-state index contributed by atoms with van der Waals surface area (Å²) in [5.74, 6) is -0.347. The highest BCUT2D eigenvalue weighted by molar-refractivity contribution is 5.88. The van der Waals surface area contributed by atoms with E-state index in [0.717, 1.165) is 25.2 Å². The number of carbonyl (C=O) groups excluding carboxylic acids is 1. The highest BCUT2D eigenvalue weighted by Crippen LogP contribution is 2.10. The second-order valence-corrected chi connectivity index (χ2v) is 5.10. The predicted octanol–water partition coefficient (Wildman–Crippen LogP) is 3.28. The van der Waals surface area contributed by atoms with E-state index >= 15 is 0 Å². The van der Waals surface area contributed by atoms with Gasteiger partial charge in [0.25, 0.3) is 0 Å². The summed E-state index contributed by atoms with van der Waals surface area (Å²) in [7, 11) is 0. The molecular weight excluding hydrogens is 276 g/mol. The molecular formula is C18H22N2O2. The van der Waals surface area contributed by atoms with E-state index in [4.69, 9.17) is 4.74 Å². The summed E-state index contributed by atoms with van der Waals surface area (Å²) in [5.41, 5.74) is 2.73. The molecule has 2 aromatic rings. The van der Waals surface area contributed by atoms with Crippen LogP contribution in [0, 0.1) is 0 Å². The van der Waals surface area contributed by atoms with Crippen LogP contribution in [0.5, 0.6) is 0 Å². The van der Waals surface area contributed by atoms with Gasteiger partial charge >= 0.3 is 5.97 Å². The Kier molecular flexibility index (Phi) is 6.10. The number of hydrogen-bond donors (Lipinski definition) is 0. The minimum absolute atomic E-state index is 0.277. The number of nitrogens with zero attached hydrogens (tertiary/aromatic N) is 2. The molecule has 4 heteroatoms. The molecule has 0 N–H and O–H groups in total. The molecule has 0 radical (unpaired) electrons. The Hall–Kier alpha value is -2.20. The normalized spacial score (nSPS) is 10.7.